The van der Waals surface area contributed by atoms with Gasteiger partial charge in [-0.05, 0) is 30.5 Å². The summed E-state index contributed by atoms with van der Waals surface area (Å²) in [6.45, 7) is -0.0767. The van der Waals surface area contributed by atoms with Gasteiger partial charge >= 0.3 is 5.97 Å². The van der Waals surface area contributed by atoms with E-state index in [2.05, 4.69) is 5.32 Å². The molecule has 3 rings (SSSR count). The molecule has 0 saturated carbocycles. The first-order valence-electron chi connectivity index (χ1n) is 10.1. The normalized spacial score (nSPS) is 20.1. The summed E-state index contributed by atoms with van der Waals surface area (Å²) in [6, 6.07) is 7.74. The highest BCUT2D eigenvalue weighted by atomic mass is 16.5. The van der Waals surface area contributed by atoms with E-state index in [1.807, 2.05) is 55.4 Å². The predicted molar refractivity (Wildman–Crippen MR) is 110 cm³/mol. The maximum atomic E-state index is 12.4. The van der Waals surface area contributed by atoms with Crippen molar-refractivity contribution in [3.8, 4) is 0 Å². The highest BCUT2D eigenvalue weighted by molar-refractivity contribution is 6.05. The van der Waals surface area contributed by atoms with E-state index in [1.54, 1.807) is 0 Å². The highest BCUT2D eigenvalue weighted by Crippen LogP contribution is 2.34. The lowest BCUT2D eigenvalue weighted by atomic mass is 9.85. The van der Waals surface area contributed by atoms with Crippen molar-refractivity contribution in [3.63, 3.8) is 0 Å². The van der Waals surface area contributed by atoms with Gasteiger partial charge in [0.25, 0.3) is 5.91 Å². The number of allylic oxidation sites excluding steroid dienone is 2. The van der Waals surface area contributed by atoms with Gasteiger partial charge in [0.05, 0.1) is 18.3 Å². The molecule has 0 bridgehead atoms. The molecule has 1 N–H and O–H groups in total. The molecule has 0 aromatic heterocycles. The van der Waals surface area contributed by atoms with Crippen LogP contribution in [0.1, 0.15) is 24.8 Å². The minimum absolute atomic E-state index is 0.0106. The highest BCUT2D eigenvalue weighted by Gasteiger charge is 2.46. The van der Waals surface area contributed by atoms with Gasteiger partial charge in [0, 0.05) is 32.9 Å². The van der Waals surface area contributed by atoms with Crippen molar-refractivity contribution >= 4 is 29.4 Å². The zero-order valence-electron chi connectivity index (χ0n) is 17.3. The molecular weight excluding hydrogens is 386 g/mol. The number of nitrogens with one attached hydrogen (secondary N) is 1. The molecule has 8 heteroatoms. The van der Waals surface area contributed by atoms with Crippen LogP contribution in [0.3, 0.4) is 0 Å². The fraction of sp³-hybridized carbons (Fsp3) is 0.455. The van der Waals surface area contributed by atoms with E-state index in [-0.39, 0.29) is 36.6 Å². The molecular formula is C22H27N3O5. The van der Waals surface area contributed by atoms with Crippen molar-refractivity contribution < 1.29 is 23.9 Å². The molecule has 30 heavy (non-hydrogen) atoms. The maximum absolute atomic E-state index is 12.4. The van der Waals surface area contributed by atoms with Gasteiger partial charge in [-0.3, -0.25) is 24.1 Å². The van der Waals surface area contributed by atoms with Gasteiger partial charge in [-0.15, -0.1) is 0 Å². The first-order valence-corrected chi connectivity index (χ1v) is 10.1. The average Bonchev–Trinajstić information content (AvgIpc) is 2.99. The van der Waals surface area contributed by atoms with Crippen LogP contribution >= 0.6 is 0 Å². The fourth-order valence-corrected chi connectivity index (χ4v) is 3.67. The molecule has 0 unspecified atom stereocenters. The zero-order chi connectivity index (χ0) is 21.7. The molecule has 1 aliphatic carbocycles. The smallest absolute Gasteiger partial charge is 0.308 e. The number of rotatable bonds is 8. The number of imide groups is 1. The summed E-state index contributed by atoms with van der Waals surface area (Å²) in [5.41, 5.74) is 1.99. The molecule has 2 atom stereocenters. The number of hydrogen-bond donors (Lipinski definition) is 1. The summed E-state index contributed by atoms with van der Waals surface area (Å²) < 4.78 is 4.97. The monoisotopic (exact) mass is 413 g/mol. The van der Waals surface area contributed by atoms with Crippen LogP contribution in [-0.4, -0.2) is 55.8 Å². The number of amides is 3. The van der Waals surface area contributed by atoms with Crippen molar-refractivity contribution in [1.82, 2.24) is 10.2 Å². The largest absolute Gasteiger partial charge is 0.456 e. The van der Waals surface area contributed by atoms with Crippen molar-refractivity contribution in [3.05, 3.63) is 42.0 Å². The second kappa shape index (κ2) is 9.56. The molecule has 1 aliphatic heterocycles. The summed E-state index contributed by atoms with van der Waals surface area (Å²) >= 11 is 0. The van der Waals surface area contributed by atoms with Gasteiger partial charge in [0.1, 0.15) is 0 Å². The maximum Gasteiger partial charge on any atom is 0.308 e. The molecule has 2 aliphatic rings. The van der Waals surface area contributed by atoms with Crippen LogP contribution in [0, 0.1) is 11.8 Å². The Bertz CT molecular complexity index is 821. The lowest BCUT2D eigenvalue weighted by Crippen LogP contribution is -2.34. The summed E-state index contributed by atoms with van der Waals surface area (Å²) in [5, 5.41) is 2.69. The second-order valence-electron chi connectivity index (χ2n) is 7.73. The standard InChI is InChI=1S/C22H27N3O5/c1-24(2)16-9-7-15(8-10-16)13-23-19(26)14-30-20(27)11-12-25-21(28)17-5-3-4-6-18(17)22(25)29/h3-4,7-10,17-18H,5-6,11-14H2,1-2H3,(H,23,26)/t17-,18-/m1/s1. The summed E-state index contributed by atoms with van der Waals surface area (Å²) in [5.74, 6) is -2.09. The van der Waals surface area contributed by atoms with Crippen LogP contribution in [0.4, 0.5) is 5.69 Å². The lowest BCUT2D eigenvalue weighted by molar-refractivity contribution is -0.150. The van der Waals surface area contributed by atoms with E-state index in [4.69, 9.17) is 4.74 Å². The van der Waals surface area contributed by atoms with E-state index in [0.717, 1.165) is 16.2 Å². The fourth-order valence-electron chi connectivity index (χ4n) is 3.67. The Morgan fingerprint density at radius 1 is 1.07 bits per heavy atom. The van der Waals surface area contributed by atoms with Gasteiger partial charge in [-0.2, -0.15) is 0 Å². The molecule has 1 fully saturated rings. The SMILES string of the molecule is CN(C)c1ccc(CNC(=O)COC(=O)CCN2C(=O)[C@@H]3CC=CC[C@H]3C2=O)cc1. The van der Waals surface area contributed by atoms with Crippen molar-refractivity contribution in [2.45, 2.75) is 25.8 Å². The molecule has 3 amide bonds. The molecule has 1 heterocycles. The number of carbonyl (C=O) groups is 4. The van der Waals surface area contributed by atoms with Crippen LogP contribution in [0.15, 0.2) is 36.4 Å². The Hall–Kier alpha value is -3.16. The topological polar surface area (TPSA) is 96.0 Å². The van der Waals surface area contributed by atoms with Crippen LogP contribution < -0.4 is 10.2 Å². The third kappa shape index (κ3) is 5.06. The number of anilines is 1. The number of esters is 1. The molecule has 160 valence electrons. The minimum Gasteiger partial charge on any atom is -0.456 e. The molecule has 1 saturated heterocycles. The summed E-state index contributed by atoms with van der Waals surface area (Å²) in [7, 11) is 3.90. The second-order valence-corrected chi connectivity index (χ2v) is 7.73. The Balaban J connectivity index is 1.37. The van der Waals surface area contributed by atoms with Crippen molar-refractivity contribution in [2.24, 2.45) is 11.8 Å². The van der Waals surface area contributed by atoms with Crippen molar-refractivity contribution in [2.75, 3.05) is 32.1 Å². The Labute approximate surface area is 175 Å². The first-order chi connectivity index (χ1) is 14.4. The van der Waals surface area contributed by atoms with Gasteiger partial charge in [-0.25, -0.2) is 0 Å². The van der Waals surface area contributed by atoms with Gasteiger partial charge in [0.2, 0.25) is 11.8 Å². The van der Waals surface area contributed by atoms with E-state index in [1.165, 1.54) is 0 Å². The Kier molecular flexibility index (Phi) is 6.87. The summed E-state index contributed by atoms with van der Waals surface area (Å²) in [6.07, 6.45) is 4.84. The molecule has 0 spiro atoms. The quantitative estimate of drug-likeness (QED) is 0.392. The number of carbonyl (C=O) groups excluding carboxylic acids is 4. The first kappa shape index (κ1) is 21.5. The van der Waals surface area contributed by atoms with E-state index in [0.29, 0.717) is 19.4 Å². The number of hydrogen-bond acceptors (Lipinski definition) is 6. The molecule has 1 aromatic carbocycles. The zero-order valence-corrected chi connectivity index (χ0v) is 17.3. The number of benzene rings is 1. The Morgan fingerprint density at radius 2 is 1.67 bits per heavy atom. The van der Waals surface area contributed by atoms with Crippen LogP contribution in [0.5, 0.6) is 0 Å². The number of likely N-dealkylation sites (tertiary alicyclic amines) is 1. The number of nitrogens with zero attached hydrogens (tertiary/aromatic N) is 2. The number of ether oxygens (including phenoxy) is 1. The molecule has 8 nitrogen and oxygen atoms in total. The third-order valence-corrected chi connectivity index (χ3v) is 5.45. The average molecular weight is 413 g/mol. The number of fused-ring (bicyclic) bond motifs is 1. The third-order valence-electron chi connectivity index (χ3n) is 5.45. The van der Waals surface area contributed by atoms with E-state index < -0.39 is 18.5 Å². The van der Waals surface area contributed by atoms with E-state index in [9.17, 15) is 19.2 Å². The Morgan fingerprint density at radius 3 is 2.23 bits per heavy atom. The lowest BCUT2D eigenvalue weighted by Gasteiger charge is -2.14. The van der Waals surface area contributed by atoms with E-state index >= 15 is 0 Å². The van der Waals surface area contributed by atoms with Crippen LogP contribution in [-0.2, 0) is 30.5 Å². The predicted octanol–water partition coefficient (Wildman–Crippen LogP) is 1.25. The summed E-state index contributed by atoms with van der Waals surface area (Å²) in [4.78, 5) is 51.7. The minimum atomic E-state index is -0.617. The van der Waals surface area contributed by atoms with Crippen LogP contribution in [0.2, 0.25) is 0 Å². The van der Waals surface area contributed by atoms with Crippen molar-refractivity contribution in [1.29, 1.82) is 0 Å². The van der Waals surface area contributed by atoms with Gasteiger partial charge < -0.3 is 15.0 Å². The molecule has 1 aromatic rings. The van der Waals surface area contributed by atoms with Gasteiger partial charge in [-0.1, -0.05) is 24.3 Å². The van der Waals surface area contributed by atoms with Crippen LogP contribution in [0.25, 0.3) is 0 Å². The molecule has 0 radical (unpaired) electrons. The van der Waals surface area contributed by atoms with Gasteiger partial charge in [0.15, 0.2) is 6.61 Å².